The molecule has 1 saturated heterocycles. The minimum Gasteiger partial charge on any atom is -0.349 e. The van der Waals surface area contributed by atoms with Gasteiger partial charge in [0.1, 0.15) is 5.82 Å². The average molecular weight is 271 g/mol. The number of carbonyl (C=O) groups excluding carboxylic acids is 1. The highest BCUT2D eigenvalue weighted by Crippen LogP contribution is 2.15. The van der Waals surface area contributed by atoms with Gasteiger partial charge in [-0.25, -0.2) is 4.39 Å². The molecule has 1 aliphatic rings. The van der Waals surface area contributed by atoms with Gasteiger partial charge in [0, 0.05) is 11.1 Å². The monoisotopic (exact) mass is 270 g/mol. The molecule has 5 heteroatoms. The van der Waals surface area contributed by atoms with Crippen LogP contribution in [-0.4, -0.2) is 25.0 Å². The summed E-state index contributed by atoms with van der Waals surface area (Å²) in [6, 6.07) is 4.21. The van der Waals surface area contributed by atoms with Crippen LogP contribution in [0.25, 0.3) is 0 Å². The van der Waals surface area contributed by atoms with Gasteiger partial charge < -0.3 is 10.6 Å². The highest BCUT2D eigenvalue weighted by molar-refractivity contribution is 6.30. The van der Waals surface area contributed by atoms with Crippen molar-refractivity contribution in [3.8, 4) is 0 Å². The van der Waals surface area contributed by atoms with Gasteiger partial charge in [0.2, 0.25) is 0 Å². The zero-order chi connectivity index (χ0) is 13.0. The Hall–Kier alpha value is -1.13. The first-order valence-corrected chi connectivity index (χ1v) is 6.51. The van der Waals surface area contributed by atoms with Crippen molar-refractivity contribution in [3.63, 3.8) is 0 Å². The number of nitrogens with one attached hydrogen (secondary N) is 2. The van der Waals surface area contributed by atoms with Gasteiger partial charge >= 0.3 is 0 Å². The Morgan fingerprint density at radius 3 is 3.00 bits per heavy atom. The molecule has 1 atom stereocenters. The maximum absolute atomic E-state index is 13.6. The third kappa shape index (κ3) is 3.43. The van der Waals surface area contributed by atoms with E-state index in [-0.39, 0.29) is 17.5 Å². The molecule has 0 bridgehead atoms. The van der Waals surface area contributed by atoms with Gasteiger partial charge in [-0.3, -0.25) is 4.79 Å². The average Bonchev–Trinajstić information content (AvgIpc) is 2.57. The molecular weight excluding hydrogens is 255 g/mol. The van der Waals surface area contributed by atoms with Crippen LogP contribution in [-0.2, 0) is 0 Å². The maximum Gasteiger partial charge on any atom is 0.254 e. The molecule has 1 aliphatic heterocycles. The van der Waals surface area contributed by atoms with Crippen LogP contribution in [0.1, 0.15) is 29.6 Å². The third-order valence-corrected chi connectivity index (χ3v) is 3.32. The quantitative estimate of drug-likeness (QED) is 0.866. The first-order chi connectivity index (χ1) is 8.66. The Bertz CT molecular complexity index is 431. The molecule has 1 aromatic rings. The van der Waals surface area contributed by atoms with Crippen LogP contribution in [0.5, 0.6) is 0 Å². The number of hydrogen-bond donors (Lipinski definition) is 2. The Morgan fingerprint density at radius 1 is 1.39 bits per heavy atom. The fourth-order valence-electron chi connectivity index (χ4n) is 2.10. The molecule has 98 valence electrons. The Labute approximate surface area is 111 Å². The van der Waals surface area contributed by atoms with Crippen LogP contribution < -0.4 is 10.6 Å². The Morgan fingerprint density at radius 2 is 2.22 bits per heavy atom. The van der Waals surface area contributed by atoms with E-state index in [2.05, 4.69) is 10.6 Å². The molecule has 0 aromatic heterocycles. The van der Waals surface area contributed by atoms with Crippen molar-refractivity contribution in [1.82, 2.24) is 10.6 Å². The molecule has 1 aromatic carbocycles. The lowest BCUT2D eigenvalue weighted by Crippen LogP contribution is -2.35. The van der Waals surface area contributed by atoms with Crippen LogP contribution in [0.15, 0.2) is 18.2 Å². The zero-order valence-electron chi connectivity index (χ0n) is 10.0. The van der Waals surface area contributed by atoms with Crippen LogP contribution in [0.4, 0.5) is 4.39 Å². The van der Waals surface area contributed by atoms with Crippen LogP contribution in [0.2, 0.25) is 5.02 Å². The van der Waals surface area contributed by atoms with Gasteiger partial charge in [0.15, 0.2) is 0 Å². The molecule has 2 rings (SSSR count). The van der Waals surface area contributed by atoms with Crippen molar-refractivity contribution in [2.45, 2.75) is 25.3 Å². The summed E-state index contributed by atoms with van der Waals surface area (Å²) in [6.45, 7) is 1.86. The van der Waals surface area contributed by atoms with E-state index < -0.39 is 5.82 Å². The first kappa shape index (κ1) is 13.3. The summed E-state index contributed by atoms with van der Waals surface area (Å²) in [7, 11) is 0. The van der Waals surface area contributed by atoms with E-state index in [0.717, 1.165) is 38.4 Å². The van der Waals surface area contributed by atoms with Crippen molar-refractivity contribution in [1.29, 1.82) is 0 Å². The Kier molecular flexibility index (Phi) is 4.55. The SMILES string of the molecule is O=C(NC1CCCNCC1)c1ccc(Cl)cc1F. The predicted molar refractivity (Wildman–Crippen MR) is 69.4 cm³/mol. The molecule has 18 heavy (non-hydrogen) atoms. The van der Waals surface area contributed by atoms with Crippen LogP contribution in [0.3, 0.4) is 0 Å². The fraction of sp³-hybridized carbons (Fsp3) is 0.462. The topological polar surface area (TPSA) is 41.1 Å². The first-order valence-electron chi connectivity index (χ1n) is 6.13. The summed E-state index contributed by atoms with van der Waals surface area (Å²) in [6.07, 6.45) is 2.82. The van der Waals surface area contributed by atoms with Crippen molar-refractivity contribution in [2.24, 2.45) is 0 Å². The summed E-state index contributed by atoms with van der Waals surface area (Å²) < 4.78 is 13.6. The van der Waals surface area contributed by atoms with E-state index in [4.69, 9.17) is 11.6 Å². The van der Waals surface area contributed by atoms with Crippen molar-refractivity contribution >= 4 is 17.5 Å². The number of benzene rings is 1. The smallest absolute Gasteiger partial charge is 0.254 e. The molecular formula is C13H16ClFN2O. The second-order valence-electron chi connectivity index (χ2n) is 4.48. The standard InChI is InChI=1S/C13H16ClFN2O/c14-9-3-4-11(12(15)8-9)13(18)17-10-2-1-6-16-7-5-10/h3-4,8,10,16H,1-2,5-7H2,(H,17,18). The second-order valence-corrected chi connectivity index (χ2v) is 4.91. The van der Waals surface area contributed by atoms with Gasteiger partial charge in [-0.05, 0) is 50.6 Å². The molecule has 0 saturated carbocycles. The summed E-state index contributed by atoms with van der Waals surface area (Å²) in [5.41, 5.74) is 0.0524. The van der Waals surface area contributed by atoms with Crippen molar-refractivity contribution < 1.29 is 9.18 Å². The number of carbonyl (C=O) groups is 1. The zero-order valence-corrected chi connectivity index (χ0v) is 10.8. The molecule has 3 nitrogen and oxygen atoms in total. The highest BCUT2D eigenvalue weighted by Gasteiger charge is 2.17. The lowest BCUT2D eigenvalue weighted by atomic mass is 10.1. The molecule has 1 heterocycles. The summed E-state index contributed by atoms with van der Waals surface area (Å²) in [5, 5.41) is 6.43. The highest BCUT2D eigenvalue weighted by atomic mass is 35.5. The van der Waals surface area contributed by atoms with Crippen LogP contribution >= 0.6 is 11.6 Å². The number of hydrogen-bond acceptors (Lipinski definition) is 2. The number of amides is 1. The van der Waals surface area contributed by atoms with E-state index in [1.165, 1.54) is 12.1 Å². The fourth-order valence-corrected chi connectivity index (χ4v) is 2.26. The Balaban J connectivity index is 2.02. The number of halogens is 2. The van der Waals surface area contributed by atoms with E-state index in [1.54, 1.807) is 0 Å². The molecule has 1 amide bonds. The maximum atomic E-state index is 13.6. The summed E-state index contributed by atoms with van der Waals surface area (Å²) >= 11 is 5.66. The molecule has 0 radical (unpaired) electrons. The second kappa shape index (κ2) is 6.16. The summed E-state index contributed by atoms with van der Waals surface area (Å²) in [4.78, 5) is 11.9. The van der Waals surface area contributed by atoms with E-state index >= 15 is 0 Å². The molecule has 1 fully saturated rings. The normalized spacial score (nSPS) is 20.2. The minimum absolute atomic E-state index is 0.0524. The lowest BCUT2D eigenvalue weighted by molar-refractivity contribution is 0.0930. The summed E-state index contributed by atoms with van der Waals surface area (Å²) in [5.74, 6) is -0.942. The molecule has 0 aliphatic carbocycles. The van der Waals surface area contributed by atoms with Crippen molar-refractivity contribution in [3.05, 3.63) is 34.6 Å². The van der Waals surface area contributed by atoms with Gasteiger partial charge in [0.25, 0.3) is 5.91 Å². The van der Waals surface area contributed by atoms with Gasteiger partial charge in [-0.15, -0.1) is 0 Å². The van der Waals surface area contributed by atoms with Gasteiger partial charge in [0.05, 0.1) is 5.56 Å². The molecule has 1 unspecified atom stereocenters. The van der Waals surface area contributed by atoms with Gasteiger partial charge in [-0.2, -0.15) is 0 Å². The van der Waals surface area contributed by atoms with Gasteiger partial charge in [-0.1, -0.05) is 11.6 Å². The minimum atomic E-state index is -0.577. The van der Waals surface area contributed by atoms with E-state index in [9.17, 15) is 9.18 Å². The van der Waals surface area contributed by atoms with Crippen molar-refractivity contribution in [2.75, 3.05) is 13.1 Å². The van der Waals surface area contributed by atoms with Crippen LogP contribution in [0, 0.1) is 5.82 Å². The van der Waals surface area contributed by atoms with E-state index in [1.807, 2.05) is 0 Å². The number of rotatable bonds is 2. The lowest BCUT2D eigenvalue weighted by Gasteiger charge is -2.16. The largest absolute Gasteiger partial charge is 0.349 e. The molecule has 2 N–H and O–H groups in total. The predicted octanol–water partition coefficient (Wildman–Crippen LogP) is 2.35. The molecule has 0 spiro atoms. The van der Waals surface area contributed by atoms with E-state index in [0.29, 0.717) is 5.02 Å². The third-order valence-electron chi connectivity index (χ3n) is 3.09.